The van der Waals surface area contributed by atoms with E-state index in [2.05, 4.69) is 6.07 Å². The van der Waals surface area contributed by atoms with Gasteiger partial charge in [-0.1, -0.05) is 18.2 Å². The van der Waals surface area contributed by atoms with Crippen LogP contribution in [0.3, 0.4) is 0 Å². The van der Waals surface area contributed by atoms with Crippen molar-refractivity contribution in [3.05, 3.63) is 53.7 Å². The topological polar surface area (TPSA) is 58.9 Å². The number of aromatic nitrogens is 1. The SMILES string of the molecule is COc1cc(C2=C(c3cn(C)c4ccccc34)COC2=O)cc(OC)c1OC. The number of esters is 1. The second kappa shape index (κ2) is 6.96. The van der Waals surface area contributed by atoms with Gasteiger partial charge in [0.25, 0.3) is 0 Å². The van der Waals surface area contributed by atoms with Crippen LogP contribution < -0.4 is 14.2 Å². The van der Waals surface area contributed by atoms with E-state index in [4.69, 9.17) is 18.9 Å². The summed E-state index contributed by atoms with van der Waals surface area (Å²) in [5.41, 5.74) is 4.09. The van der Waals surface area contributed by atoms with Crippen LogP contribution in [0.15, 0.2) is 42.6 Å². The maximum atomic E-state index is 12.7. The van der Waals surface area contributed by atoms with Crippen molar-refractivity contribution in [3.63, 3.8) is 0 Å². The fourth-order valence-electron chi connectivity index (χ4n) is 3.72. The molecule has 28 heavy (non-hydrogen) atoms. The molecule has 2 heterocycles. The van der Waals surface area contributed by atoms with E-state index in [1.54, 1.807) is 33.5 Å². The second-order valence-electron chi connectivity index (χ2n) is 6.51. The third-order valence-corrected chi connectivity index (χ3v) is 5.03. The third kappa shape index (κ3) is 2.69. The first kappa shape index (κ1) is 18.0. The van der Waals surface area contributed by atoms with Gasteiger partial charge in [0.05, 0.1) is 26.9 Å². The monoisotopic (exact) mass is 379 g/mol. The Hall–Kier alpha value is -3.41. The lowest BCUT2D eigenvalue weighted by Crippen LogP contribution is -2.01. The van der Waals surface area contributed by atoms with Crippen molar-refractivity contribution in [2.45, 2.75) is 0 Å². The highest BCUT2D eigenvalue weighted by atomic mass is 16.5. The van der Waals surface area contributed by atoms with E-state index >= 15 is 0 Å². The van der Waals surface area contributed by atoms with Crippen molar-refractivity contribution < 1.29 is 23.7 Å². The number of methoxy groups -OCH3 is 3. The molecule has 0 saturated carbocycles. The van der Waals surface area contributed by atoms with Crippen molar-refractivity contribution in [1.29, 1.82) is 0 Å². The van der Waals surface area contributed by atoms with Gasteiger partial charge in [-0.25, -0.2) is 4.79 Å². The highest BCUT2D eigenvalue weighted by molar-refractivity contribution is 6.28. The zero-order valence-electron chi connectivity index (χ0n) is 16.2. The van der Waals surface area contributed by atoms with Crippen molar-refractivity contribution in [3.8, 4) is 17.2 Å². The van der Waals surface area contributed by atoms with Crippen LogP contribution >= 0.6 is 0 Å². The molecule has 0 spiro atoms. The van der Waals surface area contributed by atoms with Crippen LogP contribution in [0.25, 0.3) is 22.0 Å². The van der Waals surface area contributed by atoms with Gasteiger partial charge in [0.1, 0.15) is 6.61 Å². The third-order valence-electron chi connectivity index (χ3n) is 5.03. The van der Waals surface area contributed by atoms with E-state index in [-0.39, 0.29) is 12.6 Å². The molecular weight excluding hydrogens is 358 g/mol. The minimum atomic E-state index is -0.364. The summed E-state index contributed by atoms with van der Waals surface area (Å²) in [6.45, 7) is 0.221. The molecule has 2 aromatic carbocycles. The van der Waals surface area contributed by atoms with Crippen molar-refractivity contribution in [2.24, 2.45) is 7.05 Å². The van der Waals surface area contributed by atoms with E-state index in [1.165, 1.54) is 0 Å². The number of ether oxygens (including phenoxy) is 4. The van der Waals surface area contributed by atoms with Crippen LogP contribution in [0, 0.1) is 0 Å². The maximum absolute atomic E-state index is 12.7. The van der Waals surface area contributed by atoms with E-state index in [1.807, 2.05) is 36.0 Å². The minimum Gasteiger partial charge on any atom is -0.493 e. The number of aryl methyl sites for hydroxylation is 1. The fourth-order valence-corrected chi connectivity index (χ4v) is 3.72. The summed E-state index contributed by atoms with van der Waals surface area (Å²) in [6.07, 6.45) is 2.03. The van der Waals surface area contributed by atoms with Crippen LogP contribution in [-0.4, -0.2) is 38.5 Å². The molecule has 3 aromatic rings. The van der Waals surface area contributed by atoms with Crippen molar-refractivity contribution in [2.75, 3.05) is 27.9 Å². The van der Waals surface area contributed by atoms with Gasteiger partial charge in [0, 0.05) is 35.3 Å². The number of benzene rings is 2. The van der Waals surface area contributed by atoms with E-state index in [0.717, 1.165) is 22.0 Å². The zero-order chi connectivity index (χ0) is 19.8. The van der Waals surface area contributed by atoms with Crippen LogP contribution in [0.5, 0.6) is 17.2 Å². The molecule has 1 aromatic heterocycles. The van der Waals surface area contributed by atoms with E-state index in [0.29, 0.717) is 28.4 Å². The Kier molecular flexibility index (Phi) is 4.47. The molecule has 0 amide bonds. The molecule has 1 aliphatic heterocycles. The molecule has 0 bridgehead atoms. The standard InChI is InChI=1S/C22H21NO5/c1-23-11-15(14-7-5-6-8-17(14)23)16-12-28-22(24)20(16)13-9-18(25-2)21(27-4)19(10-13)26-3/h5-11H,12H2,1-4H3. The largest absolute Gasteiger partial charge is 0.493 e. The van der Waals surface area contributed by atoms with Crippen LogP contribution in [0.2, 0.25) is 0 Å². The van der Waals surface area contributed by atoms with Gasteiger partial charge >= 0.3 is 5.97 Å². The predicted octanol–water partition coefficient (Wildman–Crippen LogP) is 3.67. The zero-order valence-corrected chi connectivity index (χ0v) is 16.2. The smallest absolute Gasteiger partial charge is 0.339 e. The molecule has 0 fully saturated rings. The first-order valence-corrected chi connectivity index (χ1v) is 8.84. The Morgan fingerprint density at radius 2 is 1.68 bits per heavy atom. The Morgan fingerprint density at radius 3 is 2.32 bits per heavy atom. The molecule has 0 unspecified atom stereocenters. The second-order valence-corrected chi connectivity index (χ2v) is 6.51. The Bertz CT molecular complexity index is 1080. The van der Waals surface area contributed by atoms with Crippen LogP contribution in [0.1, 0.15) is 11.1 Å². The van der Waals surface area contributed by atoms with Gasteiger partial charge in [-0.15, -0.1) is 0 Å². The lowest BCUT2D eigenvalue weighted by Gasteiger charge is -2.14. The summed E-state index contributed by atoms with van der Waals surface area (Å²) in [6, 6.07) is 11.6. The molecule has 144 valence electrons. The number of cyclic esters (lactones) is 1. The Balaban J connectivity index is 1.97. The molecule has 6 heteroatoms. The quantitative estimate of drug-likeness (QED) is 0.633. The first-order chi connectivity index (χ1) is 13.6. The van der Waals surface area contributed by atoms with E-state index < -0.39 is 0 Å². The van der Waals surface area contributed by atoms with Gasteiger partial charge in [0.2, 0.25) is 5.75 Å². The van der Waals surface area contributed by atoms with Gasteiger partial charge in [-0.05, 0) is 23.8 Å². The first-order valence-electron chi connectivity index (χ1n) is 8.84. The summed E-state index contributed by atoms with van der Waals surface area (Å²) >= 11 is 0. The molecule has 0 saturated heterocycles. The van der Waals surface area contributed by atoms with E-state index in [9.17, 15) is 4.79 Å². The lowest BCUT2D eigenvalue weighted by molar-refractivity contribution is -0.133. The van der Waals surface area contributed by atoms with Crippen molar-refractivity contribution in [1.82, 2.24) is 4.57 Å². The number of hydrogen-bond donors (Lipinski definition) is 0. The Labute approximate surface area is 162 Å². The van der Waals surface area contributed by atoms with Gasteiger partial charge in [-0.3, -0.25) is 0 Å². The predicted molar refractivity (Wildman–Crippen MR) is 107 cm³/mol. The molecular formula is C22H21NO5. The molecule has 1 aliphatic rings. The summed E-state index contributed by atoms with van der Waals surface area (Å²) in [4.78, 5) is 12.7. The number of carbonyl (C=O) groups excluding carboxylic acids is 1. The van der Waals surface area contributed by atoms with Gasteiger partial charge in [0.15, 0.2) is 11.5 Å². The molecule has 0 radical (unpaired) electrons. The number of carbonyl (C=O) groups is 1. The number of rotatable bonds is 5. The van der Waals surface area contributed by atoms with Crippen LogP contribution in [0.4, 0.5) is 0 Å². The summed E-state index contributed by atoms with van der Waals surface area (Å²) < 4.78 is 23.7. The number of fused-ring (bicyclic) bond motifs is 1. The van der Waals surface area contributed by atoms with Crippen LogP contribution in [-0.2, 0) is 16.6 Å². The summed E-state index contributed by atoms with van der Waals surface area (Å²) in [7, 11) is 6.63. The summed E-state index contributed by atoms with van der Waals surface area (Å²) in [5.74, 6) is 1.09. The van der Waals surface area contributed by atoms with Crippen molar-refractivity contribution >= 4 is 28.0 Å². The van der Waals surface area contributed by atoms with Gasteiger partial charge < -0.3 is 23.5 Å². The lowest BCUT2D eigenvalue weighted by atomic mass is 9.96. The highest BCUT2D eigenvalue weighted by Gasteiger charge is 2.30. The van der Waals surface area contributed by atoms with Gasteiger partial charge in [-0.2, -0.15) is 0 Å². The molecule has 0 atom stereocenters. The number of hydrogen-bond acceptors (Lipinski definition) is 5. The Morgan fingerprint density at radius 1 is 1.00 bits per heavy atom. The maximum Gasteiger partial charge on any atom is 0.339 e. The number of para-hydroxylation sites is 1. The molecule has 0 aliphatic carbocycles. The molecule has 0 N–H and O–H groups in total. The average Bonchev–Trinajstić information content (AvgIpc) is 3.27. The fraction of sp³-hybridized carbons (Fsp3) is 0.227. The highest BCUT2D eigenvalue weighted by Crippen LogP contribution is 2.43. The molecule has 4 rings (SSSR count). The normalized spacial score (nSPS) is 13.8. The molecule has 6 nitrogen and oxygen atoms in total. The average molecular weight is 379 g/mol. The summed E-state index contributed by atoms with van der Waals surface area (Å²) in [5, 5.41) is 1.07. The minimum absolute atomic E-state index is 0.221. The number of nitrogens with zero attached hydrogens (tertiary/aromatic N) is 1.